The second kappa shape index (κ2) is 5.28. The lowest BCUT2D eigenvalue weighted by atomic mass is 10.1. The Kier molecular flexibility index (Phi) is 3.74. The van der Waals surface area contributed by atoms with Gasteiger partial charge in [-0.1, -0.05) is 60.7 Å². The molecule has 0 aliphatic carbocycles. The maximum Gasteiger partial charge on any atom is 0.529 e. The van der Waals surface area contributed by atoms with Crippen LogP contribution in [-0.4, -0.2) is 23.2 Å². The van der Waals surface area contributed by atoms with Gasteiger partial charge in [-0.3, -0.25) is 0 Å². The summed E-state index contributed by atoms with van der Waals surface area (Å²) in [5.74, 6) is 0. The summed E-state index contributed by atoms with van der Waals surface area (Å²) < 4.78 is 0. The third kappa shape index (κ3) is 3.15. The van der Waals surface area contributed by atoms with Crippen LogP contribution in [0.15, 0.2) is 60.7 Å². The van der Waals surface area contributed by atoms with Crippen molar-refractivity contribution in [1.82, 2.24) is 0 Å². The molecule has 3 nitrogen and oxygen atoms in total. The van der Waals surface area contributed by atoms with Crippen LogP contribution in [0, 0.1) is 0 Å². The van der Waals surface area contributed by atoms with Gasteiger partial charge < -0.3 is 14.4 Å². The molecule has 0 atom stereocenters. The van der Waals surface area contributed by atoms with Crippen molar-refractivity contribution in [3.05, 3.63) is 71.8 Å². The molecule has 92 valence electrons. The second-order valence-electron chi connectivity index (χ2n) is 3.97. The largest absolute Gasteiger partial charge is 0.529 e. The minimum Gasteiger partial charge on any atom is -0.386 e. The highest BCUT2D eigenvalue weighted by atomic mass is 28.4. The zero-order valence-electron chi connectivity index (χ0n) is 9.69. The third-order valence-corrected chi connectivity index (χ3v) is 3.71. The monoisotopic (exact) mass is 258 g/mol. The molecule has 2 aromatic rings. The number of hydrogen-bond donors (Lipinski definition) is 3. The predicted octanol–water partition coefficient (Wildman–Crippen LogP) is 1.68. The van der Waals surface area contributed by atoms with Gasteiger partial charge in [0, 0.05) is 5.20 Å². The van der Waals surface area contributed by atoms with Gasteiger partial charge >= 0.3 is 8.80 Å². The van der Waals surface area contributed by atoms with Crippen LogP contribution in [0.4, 0.5) is 0 Å². The van der Waals surface area contributed by atoms with Crippen LogP contribution in [0.25, 0.3) is 11.3 Å². The van der Waals surface area contributed by atoms with Crippen LogP contribution in [0.3, 0.4) is 0 Å². The fourth-order valence-electron chi connectivity index (χ4n) is 1.71. The highest BCUT2D eigenvalue weighted by molar-refractivity contribution is 6.79. The minimum atomic E-state index is -4.35. The molecule has 18 heavy (non-hydrogen) atoms. The Labute approximate surface area is 107 Å². The number of hydrogen-bond acceptors (Lipinski definition) is 3. The quantitative estimate of drug-likeness (QED) is 0.580. The lowest BCUT2D eigenvalue weighted by Crippen LogP contribution is -2.36. The first-order valence-corrected chi connectivity index (χ1v) is 7.41. The first-order chi connectivity index (χ1) is 8.57. The number of rotatable bonds is 3. The van der Waals surface area contributed by atoms with Gasteiger partial charge in [-0.25, -0.2) is 0 Å². The van der Waals surface area contributed by atoms with Crippen molar-refractivity contribution in [3.8, 4) is 0 Å². The Hall–Kier alpha value is -1.72. The first kappa shape index (κ1) is 12.7. The van der Waals surface area contributed by atoms with E-state index in [0.717, 1.165) is 5.56 Å². The van der Waals surface area contributed by atoms with E-state index in [2.05, 4.69) is 0 Å². The standard InChI is InChI=1S/C14H14O3Si/c15-18(16,17)14(13-9-5-2-6-10-13)11-12-7-3-1-4-8-12/h1-11,15-17H. The van der Waals surface area contributed by atoms with Gasteiger partial charge in [0.25, 0.3) is 0 Å². The van der Waals surface area contributed by atoms with Crippen molar-refractivity contribution >= 4 is 20.1 Å². The van der Waals surface area contributed by atoms with E-state index in [-0.39, 0.29) is 5.20 Å². The van der Waals surface area contributed by atoms with Crippen LogP contribution in [0.1, 0.15) is 11.1 Å². The zero-order chi connectivity index (χ0) is 13.0. The molecule has 4 heteroatoms. The third-order valence-electron chi connectivity index (χ3n) is 2.56. The molecule has 0 amide bonds. The molecule has 0 unspecified atom stereocenters. The van der Waals surface area contributed by atoms with E-state index >= 15 is 0 Å². The van der Waals surface area contributed by atoms with Crippen LogP contribution in [0.5, 0.6) is 0 Å². The minimum absolute atomic E-state index is 0.175. The highest BCUT2D eigenvalue weighted by Crippen LogP contribution is 2.23. The van der Waals surface area contributed by atoms with Crippen LogP contribution in [0.2, 0.25) is 0 Å². The van der Waals surface area contributed by atoms with Gasteiger partial charge in [0.2, 0.25) is 0 Å². The molecule has 0 bridgehead atoms. The summed E-state index contributed by atoms with van der Waals surface area (Å²) in [6.07, 6.45) is 1.60. The first-order valence-electron chi connectivity index (χ1n) is 5.57. The van der Waals surface area contributed by atoms with E-state index < -0.39 is 8.80 Å². The van der Waals surface area contributed by atoms with Crippen molar-refractivity contribution in [2.75, 3.05) is 0 Å². The van der Waals surface area contributed by atoms with Crippen LogP contribution < -0.4 is 0 Å². The Morgan fingerprint density at radius 3 is 1.78 bits per heavy atom. The van der Waals surface area contributed by atoms with Crippen molar-refractivity contribution in [3.63, 3.8) is 0 Å². The molecule has 0 spiro atoms. The van der Waals surface area contributed by atoms with Gasteiger partial charge in [0.15, 0.2) is 0 Å². The van der Waals surface area contributed by atoms with Crippen molar-refractivity contribution in [1.29, 1.82) is 0 Å². The van der Waals surface area contributed by atoms with Crippen LogP contribution >= 0.6 is 0 Å². The summed E-state index contributed by atoms with van der Waals surface area (Å²) in [5.41, 5.74) is 1.42. The molecule has 0 heterocycles. The molecule has 0 radical (unpaired) electrons. The normalized spacial score (nSPS) is 12.5. The Balaban J connectivity index is 2.48. The summed E-state index contributed by atoms with van der Waals surface area (Å²) >= 11 is 0. The molecule has 0 aromatic heterocycles. The molecular weight excluding hydrogens is 244 g/mol. The summed E-state index contributed by atoms with van der Waals surface area (Å²) in [6.45, 7) is 0. The fourth-order valence-corrected chi connectivity index (χ4v) is 2.62. The van der Waals surface area contributed by atoms with Crippen LogP contribution in [-0.2, 0) is 0 Å². The molecule has 0 fully saturated rings. The fraction of sp³-hybridized carbons (Fsp3) is 0. The molecular formula is C14H14O3Si. The Bertz CT molecular complexity index is 530. The maximum absolute atomic E-state index is 9.57. The zero-order valence-corrected chi connectivity index (χ0v) is 10.7. The van der Waals surface area contributed by atoms with E-state index in [9.17, 15) is 14.4 Å². The second-order valence-corrected chi connectivity index (χ2v) is 5.78. The summed E-state index contributed by atoms with van der Waals surface area (Å²) in [4.78, 5) is 28.7. The smallest absolute Gasteiger partial charge is 0.386 e. The van der Waals surface area contributed by atoms with Gasteiger partial charge in [-0.2, -0.15) is 0 Å². The highest BCUT2D eigenvalue weighted by Gasteiger charge is 2.34. The lowest BCUT2D eigenvalue weighted by molar-refractivity contribution is 0.251. The molecule has 0 saturated heterocycles. The van der Waals surface area contributed by atoms with E-state index in [1.807, 2.05) is 36.4 Å². The number of benzene rings is 2. The summed E-state index contributed by atoms with van der Waals surface area (Å²) in [6, 6.07) is 18.1. The lowest BCUT2D eigenvalue weighted by Gasteiger charge is -2.14. The van der Waals surface area contributed by atoms with Gasteiger partial charge in [0.05, 0.1) is 0 Å². The molecule has 2 rings (SSSR count). The van der Waals surface area contributed by atoms with Crippen molar-refractivity contribution in [2.24, 2.45) is 0 Å². The van der Waals surface area contributed by atoms with E-state index in [0.29, 0.717) is 5.56 Å². The molecule has 0 aliphatic heterocycles. The van der Waals surface area contributed by atoms with Gasteiger partial charge in [-0.05, 0) is 17.2 Å². The van der Waals surface area contributed by atoms with Gasteiger partial charge in [0.1, 0.15) is 0 Å². The van der Waals surface area contributed by atoms with Crippen molar-refractivity contribution < 1.29 is 14.4 Å². The average Bonchev–Trinajstić information content (AvgIpc) is 2.37. The van der Waals surface area contributed by atoms with Crippen molar-refractivity contribution in [2.45, 2.75) is 0 Å². The van der Waals surface area contributed by atoms with Gasteiger partial charge in [-0.15, -0.1) is 0 Å². The van der Waals surface area contributed by atoms with E-state index in [1.54, 1.807) is 30.3 Å². The molecule has 3 N–H and O–H groups in total. The SMILES string of the molecule is O[Si](O)(O)C(=Cc1ccccc1)c1ccccc1. The Morgan fingerprint density at radius 2 is 1.28 bits per heavy atom. The Morgan fingerprint density at radius 1 is 0.778 bits per heavy atom. The molecule has 0 saturated carbocycles. The molecule has 0 aliphatic rings. The summed E-state index contributed by atoms with van der Waals surface area (Å²) in [7, 11) is -4.35. The average molecular weight is 258 g/mol. The summed E-state index contributed by atoms with van der Waals surface area (Å²) in [5, 5.41) is 0.175. The van der Waals surface area contributed by atoms with E-state index in [4.69, 9.17) is 0 Å². The molecule has 2 aromatic carbocycles. The maximum atomic E-state index is 9.57. The van der Waals surface area contributed by atoms with E-state index in [1.165, 1.54) is 0 Å². The predicted molar refractivity (Wildman–Crippen MR) is 73.2 cm³/mol. The topological polar surface area (TPSA) is 60.7 Å².